The van der Waals surface area contributed by atoms with E-state index in [0.717, 1.165) is 4.31 Å². The molecule has 1 amide bonds. The second-order valence-corrected chi connectivity index (χ2v) is 9.87. The van der Waals surface area contributed by atoms with E-state index in [1.165, 1.54) is 43.7 Å². The number of likely N-dealkylation sites (N-methyl/N-ethyl adjacent to an activating group) is 1. The Morgan fingerprint density at radius 2 is 1.76 bits per heavy atom. The van der Waals surface area contributed by atoms with Crippen molar-refractivity contribution < 1.29 is 27.9 Å². The first-order valence-electron chi connectivity index (χ1n) is 10.2. The molecule has 34 heavy (non-hydrogen) atoms. The molecule has 1 aromatic heterocycles. The van der Waals surface area contributed by atoms with Gasteiger partial charge < -0.3 is 14.0 Å². The van der Waals surface area contributed by atoms with Crippen LogP contribution in [-0.2, 0) is 33.2 Å². The number of hydroxylamine groups is 1. The summed E-state index contributed by atoms with van der Waals surface area (Å²) in [7, 11) is -1.10. The Morgan fingerprint density at radius 3 is 2.29 bits per heavy atom. The number of hydrogen-bond acceptors (Lipinski definition) is 7. The molecular weight excluding hydrogens is 484 g/mol. The number of nitrogens with zero attached hydrogens (tertiary/aromatic N) is 3. The van der Waals surface area contributed by atoms with Crippen LogP contribution < -0.4 is 10.2 Å². The van der Waals surface area contributed by atoms with Crippen molar-refractivity contribution in [2.75, 3.05) is 7.05 Å². The van der Waals surface area contributed by atoms with E-state index in [2.05, 4.69) is 4.98 Å². The maximum atomic E-state index is 13.2. The van der Waals surface area contributed by atoms with Gasteiger partial charge in [0.25, 0.3) is 5.91 Å². The standard InChI is InChI=1S/C22H25ClN4O6S/c1-15(32-14-20-24-12-13-26(20)2)21(22(28)25-29)27(3)34(30,31)19-10-8-18(9-11-19)33-17-6-4-16(23)5-7-17/h4-13,15,21,29H,14H2,1-3H3,(H,25,28). The maximum absolute atomic E-state index is 13.2. The van der Waals surface area contributed by atoms with Gasteiger partial charge >= 0.3 is 0 Å². The minimum Gasteiger partial charge on any atom is -0.457 e. The van der Waals surface area contributed by atoms with Crippen molar-refractivity contribution in [3.8, 4) is 11.5 Å². The molecule has 1 heterocycles. The van der Waals surface area contributed by atoms with Crippen LogP contribution in [0.5, 0.6) is 11.5 Å². The SMILES string of the molecule is CC(OCc1nccn1C)C(C(=O)NO)N(C)S(=O)(=O)c1ccc(Oc2ccc(Cl)cc2)cc1. The van der Waals surface area contributed by atoms with Gasteiger partial charge in [-0.2, -0.15) is 4.31 Å². The molecule has 0 aliphatic rings. The molecule has 0 saturated carbocycles. The van der Waals surface area contributed by atoms with E-state index in [4.69, 9.17) is 21.1 Å². The summed E-state index contributed by atoms with van der Waals surface area (Å²) >= 11 is 5.86. The summed E-state index contributed by atoms with van der Waals surface area (Å²) in [6.07, 6.45) is 2.42. The number of imidazole rings is 1. The molecule has 0 bridgehead atoms. The molecule has 2 unspecified atom stereocenters. The fourth-order valence-electron chi connectivity index (χ4n) is 3.21. The van der Waals surface area contributed by atoms with Crippen LogP contribution in [0.2, 0.25) is 5.02 Å². The first-order chi connectivity index (χ1) is 16.1. The molecular formula is C22H25ClN4O6S. The highest BCUT2D eigenvalue weighted by Crippen LogP contribution is 2.26. The minimum atomic E-state index is -4.13. The molecule has 2 aromatic carbocycles. The average molecular weight is 509 g/mol. The Labute approximate surface area is 202 Å². The summed E-state index contributed by atoms with van der Waals surface area (Å²) in [5, 5.41) is 9.78. The molecule has 2 N–H and O–H groups in total. The second-order valence-electron chi connectivity index (χ2n) is 7.44. The average Bonchev–Trinajstić information content (AvgIpc) is 3.24. The summed E-state index contributed by atoms with van der Waals surface area (Å²) in [6, 6.07) is 11.1. The highest BCUT2D eigenvalue weighted by molar-refractivity contribution is 7.89. The molecule has 0 fully saturated rings. The fraction of sp³-hybridized carbons (Fsp3) is 0.273. The monoisotopic (exact) mass is 508 g/mol. The van der Waals surface area contributed by atoms with Crippen molar-refractivity contribution in [3.63, 3.8) is 0 Å². The Balaban J connectivity index is 1.76. The smallest absolute Gasteiger partial charge is 0.264 e. The quantitative estimate of drug-likeness (QED) is 0.319. The molecule has 0 aliphatic carbocycles. The third-order valence-electron chi connectivity index (χ3n) is 5.16. The summed E-state index contributed by atoms with van der Waals surface area (Å²) in [5.74, 6) is 0.619. The van der Waals surface area contributed by atoms with Crippen molar-refractivity contribution in [3.05, 3.63) is 71.8 Å². The lowest BCUT2D eigenvalue weighted by atomic mass is 10.2. The van der Waals surface area contributed by atoms with Crippen molar-refractivity contribution in [1.82, 2.24) is 19.3 Å². The van der Waals surface area contributed by atoms with Gasteiger partial charge in [-0.1, -0.05) is 11.6 Å². The van der Waals surface area contributed by atoms with Gasteiger partial charge in [0.1, 0.15) is 30.0 Å². The van der Waals surface area contributed by atoms with E-state index in [1.807, 2.05) is 0 Å². The number of amides is 1. The predicted octanol–water partition coefficient (Wildman–Crippen LogP) is 2.97. The lowest BCUT2D eigenvalue weighted by Gasteiger charge is -2.30. The Kier molecular flexibility index (Phi) is 8.28. The number of carbonyl (C=O) groups is 1. The number of ether oxygens (including phenoxy) is 2. The molecule has 2 atom stereocenters. The number of rotatable bonds is 10. The van der Waals surface area contributed by atoms with Crippen LogP contribution >= 0.6 is 11.6 Å². The van der Waals surface area contributed by atoms with E-state index in [1.54, 1.807) is 48.3 Å². The van der Waals surface area contributed by atoms with E-state index >= 15 is 0 Å². The molecule has 3 rings (SSSR count). The van der Waals surface area contributed by atoms with Gasteiger partial charge in [0.2, 0.25) is 10.0 Å². The molecule has 10 nitrogen and oxygen atoms in total. The first-order valence-corrected chi connectivity index (χ1v) is 12.0. The fourth-order valence-corrected chi connectivity index (χ4v) is 4.71. The zero-order chi connectivity index (χ0) is 24.9. The van der Waals surface area contributed by atoms with Gasteiger partial charge in [0.15, 0.2) is 0 Å². The lowest BCUT2D eigenvalue weighted by Crippen LogP contribution is -2.53. The maximum Gasteiger partial charge on any atom is 0.264 e. The largest absolute Gasteiger partial charge is 0.457 e. The van der Waals surface area contributed by atoms with Crippen LogP contribution in [0.1, 0.15) is 12.7 Å². The first kappa shape index (κ1) is 25.7. The number of sulfonamides is 1. The number of aryl methyl sites for hydroxylation is 1. The van der Waals surface area contributed by atoms with Gasteiger partial charge in [-0.3, -0.25) is 10.0 Å². The number of hydrogen-bond donors (Lipinski definition) is 2. The zero-order valence-corrected chi connectivity index (χ0v) is 20.3. The molecule has 0 spiro atoms. The number of nitrogens with one attached hydrogen (secondary N) is 1. The van der Waals surface area contributed by atoms with E-state index in [-0.39, 0.29) is 11.5 Å². The lowest BCUT2D eigenvalue weighted by molar-refractivity contribution is -0.138. The van der Waals surface area contributed by atoms with Gasteiger partial charge in [0.05, 0.1) is 11.0 Å². The number of halogens is 1. The van der Waals surface area contributed by atoms with Gasteiger partial charge in [-0.25, -0.2) is 18.9 Å². The molecule has 0 aliphatic heterocycles. The van der Waals surface area contributed by atoms with Crippen molar-refractivity contribution >= 4 is 27.5 Å². The number of carbonyl (C=O) groups excluding carboxylic acids is 1. The summed E-state index contributed by atoms with van der Waals surface area (Å²) in [4.78, 5) is 16.5. The van der Waals surface area contributed by atoms with E-state index in [9.17, 15) is 18.4 Å². The number of benzene rings is 2. The highest BCUT2D eigenvalue weighted by Gasteiger charge is 2.37. The van der Waals surface area contributed by atoms with E-state index in [0.29, 0.717) is 22.3 Å². The van der Waals surface area contributed by atoms with Crippen LogP contribution in [0.25, 0.3) is 0 Å². The van der Waals surface area contributed by atoms with Gasteiger partial charge in [0, 0.05) is 31.5 Å². The molecule has 0 radical (unpaired) electrons. The van der Waals surface area contributed by atoms with Crippen LogP contribution in [0.15, 0.2) is 65.8 Å². The van der Waals surface area contributed by atoms with Crippen LogP contribution in [-0.4, -0.2) is 52.6 Å². The summed E-state index contributed by atoms with van der Waals surface area (Å²) in [5.41, 5.74) is 1.52. The van der Waals surface area contributed by atoms with Gasteiger partial charge in [-0.05, 0) is 55.5 Å². The van der Waals surface area contributed by atoms with Crippen LogP contribution in [0.4, 0.5) is 0 Å². The molecule has 182 valence electrons. The van der Waals surface area contributed by atoms with E-state index < -0.39 is 28.1 Å². The molecule has 0 saturated heterocycles. The van der Waals surface area contributed by atoms with Crippen molar-refractivity contribution in [2.24, 2.45) is 7.05 Å². The third-order valence-corrected chi connectivity index (χ3v) is 7.27. The van der Waals surface area contributed by atoms with Crippen molar-refractivity contribution in [2.45, 2.75) is 30.6 Å². The summed E-state index contributed by atoms with van der Waals surface area (Å²) in [6.45, 7) is 1.59. The second kappa shape index (κ2) is 11.0. The van der Waals surface area contributed by atoms with Crippen LogP contribution in [0, 0.1) is 0 Å². The normalized spacial score (nSPS) is 13.5. The third kappa shape index (κ3) is 5.93. The zero-order valence-electron chi connectivity index (χ0n) is 18.8. The summed E-state index contributed by atoms with van der Waals surface area (Å²) < 4.78 is 40.4. The number of aromatic nitrogens is 2. The Hall–Kier alpha value is -2.96. The Bertz CT molecular complexity index is 1210. The van der Waals surface area contributed by atoms with Crippen molar-refractivity contribution in [1.29, 1.82) is 0 Å². The van der Waals surface area contributed by atoms with Gasteiger partial charge in [-0.15, -0.1) is 0 Å². The molecule has 12 heteroatoms. The predicted molar refractivity (Wildman–Crippen MR) is 124 cm³/mol. The van der Waals surface area contributed by atoms with Crippen LogP contribution in [0.3, 0.4) is 0 Å². The molecule has 3 aromatic rings. The highest BCUT2D eigenvalue weighted by atomic mass is 35.5. The minimum absolute atomic E-state index is 0.0461. The topological polar surface area (TPSA) is 123 Å². The Morgan fingerprint density at radius 1 is 1.18 bits per heavy atom.